The van der Waals surface area contributed by atoms with Gasteiger partial charge in [0, 0.05) is 5.56 Å². The highest BCUT2D eigenvalue weighted by Crippen LogP contribution is 2.19. The van der Waals surface area contributed by atoms with Gasteiger partial charge >= 0.3 is 5.97 Å². The Bertz CT molecular complexity index is 725. The molecule has 5 heteroatoms. The predicted octanol–water partition coefficient (Wildman–Crippen LogP) is 3.76. The molecule has 0 aliphatic carbocycles. The highest BCUT2D eigenvalue weighted by Gasteiger charge is 2.16. The first-order chi connectivity index (χ1) is 11.5. The maximum atomic E-state index is 12.4. The molecule has 5 nitrogen and oxygen atoms in total. The summed E-state index contributed by atoms with van der Waals surface area (Å²) in [4.78, 5) is 24.6. The highest BCUT2D eigenvalue weighted by molar-refractivity contribution is 6.08. The average molecular weight is 327 g/mol. The first kappa shape index (κ1) is 17.5. The van der Waals surface area contributed by atoms with Crippen LogP contribution in [0.25, 0.3) is 0 Å². The normalized spacial score (nSPS) is 10.3. The van der Waals surface area contributed by atoms with E-state index in [0.29, 0.717) is 29.2 Å². The summed E-state index contributed by atoms with van der Waals surface area (Å²) in [5.74, 6) is 0.0583. The van der Waals surface area contributed by atoms with Crippen molar-refractivity contribution in [2.24, 2.45) is 5.92 Å². The minimum atomic E-state index is -0.453. The van der Waals surface area contributed by atoms with Crippen LogP contribution >= 0.6 is 0 Å². The van der Waals surface area contributed by atoms with Crippen molar-refractivity contribution < 1.29 is 19.1 Å². The number of para-hydroxylation sites is 1. The Hall–Kier alpha value is -2.82. The summed E-state index contributed by atoms with van der Waals surface area (Å²) in [5, 5.41) is 2.75. The molecule has 0 atom stereocenters. The Morgan fingerprint density at radius 3 is 2.54 bits per heavy atom. The molecule has 0 radical (unpaired) electrons. The molecule has 0 saturated carbocycles. The number of amides is 1. The number of benzene rings is 2. The van der Waals surface area contributed by atoms with Gasteiger partial charge in [-0.2, -0.15) is 0 Å². The number of anilines is 1. The third-order valence-corrected chi connectivity index (χ3v) is 3.27. The van der Waals surface area contributed by atoms with Crippen LogP contribution in [0.15, 0.2) is 48.5 Å². The van der Waals surface area contributed by atoms with E-state index in [-0.39, 0.29) is 11.8 Å². The number of hydrogen-bond donors (Lipinski definition) is 1. The van der Waals surface area contributed by atoms with Crippen molar-refractivity contribution >= 4 is 17.6 Å². The molecule has 0 aromatic heterocycles. The lowest BCUT2D eigenvalue weighted by atomic mass is 10.1. The fraction of sp³-hybridized carbons (Fsp3) is 0.263. The zero-order valence-electron chi connectivity index (χ0n) is 14.0. The van der Waals surface area contributed by atoms with Crippen molar-refractivity contribution in [3.8, 4) is 5.75 Å². The van der Waals surface area contributed by atoms with Gasteiger partial charge in [-0.25, -0.2) is 4.79 Å². The minimum absolute atomic E-state index is 0.243. The number of carbonyl (C=O) groups is 2. The summed E-state index contributed by atoms with van der Waals surface area (Å²) in [5.41, 5.74) is 1.19. The van der Waals surface area contributed by atoms with E-state index in [2.05, 4.69) is 5.32 Å². The molecule has 0 unspecified atom stereocenters. The summed E-state index contributed by atoms with van der Waals surface area (Å²) in [6, 6.07) is 13.6. The van der Waals surface area contributed by atoms with Crippen molar-refractivity contribution in [3.05, 3.63) is 59.7 Å². The second-order valence-corrected chi connectivity index (χ2v) is 5.72. The summed E-state index contributed by atoms with van der Waals surface area (Å²) < 4.78 is 10.4. The molecule has 0 fully saturated rings. The molecule has 24 heavy (non-hydrogen) atoms. The molecule has 126 valence electrons. The van der Waals surface area contributed by atoms with Crippen LogP contribution in [0.2, 0.25) is 0 Å². The topological polar surface area (TPSA) is 64.6 Å². The summed E-state index contributed by atoms with van der Waals surface area (Å²) in [7, 11) is 1.54. The van der Waals surface area contributed by atoms with Crippen LogP contribution in [0.1, 0.15) is 34.6 Å². The molecule has 2 aromatic rings. The lowest BCUT2D eigenvalue weighted by Gasteiger charge is -2.12. The Labute approximate surface area is 141 Å². The smallest absolute Gasteiger partial charge is 0.340 e. The largest absolute Gasteiger partial charge is 0.497 e. The van der Waals surface area contributed by atoms with E-state index < -0.39 is 5.97 Å². The van der Waals surface area contributed by atoms with E-state index in [9.17, 15) is 9.59 Å². The van der Waals surface area contributed by atoms with Gasteiger partial charge in [0.15, 0.2) is 0 Å². The maximum Gasteiger partial charge on any atom is 0.340 e. The van der Waals surface area contributed by atoms with E-state index in [1.807, 2.05) is 13.8 Å². The summed E-state index contributed by atoms with van der Waals surface area (Å²) in [6.07, 6.45) is 0. The van der Waals surface area contributed by atoms with Crippen LogP contribution in [0.4, 0.5) is 5.69 Å². The van der Waals surface area contributed by atoms with Gasteiger partial charge in [-0.15, -0.1) is 0 Å². The molecule has 0 saturated heterocycles. The molecule has 1 amide bonds. The molecule has 2 aromatic carbocycles. The standard InChI is InChI=1S/C19H21NO4/c1-13(2)12-24-19(22)16-9-4-5-10-17(16)20-18(21)14-7-6-8-15(11-14)23-3/h4-11,13H,12H2,1-3H3,(H,20,21). The zero-order chi connectivity index (χ0) is 17.5. The minimum Gasteiger partial charge on any atom is -0.497 e. The van der Waals surface area contributed by atoms with Crippen molar-refractivity contribution in [1.29, 1.82) is 0 Å². The third-order valence-electron chi connectivity index (χ3n) is 3.27. The second kappa shape index (κ2) is 8.15. The summed E-state index contributed by atoms with van der Waals surface area (Å²) in [6.45, 7) is 4.25. The van der Waals surface area contributed by atoms with Crippen molar-refractivity contribution in [2.75, 3.05) is 19.0 Å². The van der Waals surface area contributed by atoms with Crippen molar-refractivity contribution in [1.82, 2.24) is 0 Å². The number of methoxy groups -OCH3 is 1. The van der Waals surface area contributed by atoms with Crippen LogP contribution in [0, 0.1) is 5.92 Å². The number of carbonyl (C=O) groups excluding carboxylic acids is 2. The fourth-order valence-corrected chi connectivity index (χ4v) is 2.05. The predicted molar refractivity (Wildman–Crippen MR) is 92.5 cm³/mol. The lowest BCUT2D eigenvalue weighted by Crippen LogP contribution is -2.17. The SMILES string of the molecule is COc1cccc(C(=O)Nc2ccccc2C(=O)OCC(C)C)c1. The summed E-state index contributed by atoms with van der Waals surface area (Å²) >= 11 is 0. The van der Waals surface area contributed by atoms with Gasteiger partial charge in [0.05, 0.1) is 25.0 Å². The molecule has 1 N–H and O–H groups in total. The van der Waals surface area contributed by atoms with Gasteiger partial charge in [-0.1, -0.05) is 32.0 Å². The number of hydrogen-bond acceptors (Lipinski definition) is 4. The Morgan fingerprint density at radius 2 is 1.83 bits per heavy atom. The first-order valence-corrected chi connectivity index (χ1v) is 7.73. The molecular formula is C19H21NO4. The third kappa shape index (κ3) is 4.59. The molecule has 0 bridgehead atoms. The van der Waals surface area contributed by atoms with Crippen LogP contribution in [-0.4, -0.2) is 25.6 Å². The Morgan fingerprint density at radius 1 is 1.08 bits per heavy atom. The first-order valence-electron chi connectivity index (χ1n) is 7.73. The van der Waals surface area contributed by atoms with Crippen LogP contribution in [-0.2, 0) is 4.74 Å². The molecule has 0 spiro atoms. The Kier molecular flexibility index (Phi) is 5.95. The molecule has 0 aliphatic heterocycles. The number of ether oxygens (including phenoxy) is 2. The quantitative estimate of drug-likeness (QED) is 0.821. The monoisotopic (exact) mass is 327 g/mol. The van der Waals surface area contributed by atoms with E-state index in [1.165, 1.54) is 7.11 Å². The highest BCUT2D eigenvalue weighted by atomic mass is 16.5. The van der Waals surface area contributed by atoms with Crippen LogP contribution < -0.4 is 10.1 Å². The van der Waals surface area contributed by atoms with E-state index >= 15 is 0 Å². The van der Waals surface area contributed by atoms with Gasteiger partial charge in [-0.05, 0) is 36.2 Å². The van der Waals surface area contributed by atoms with Crippen molar-refractivity contribution in [3.63, 3.8) is 0 Å². The fourth-order valence-electron chi connectivity index (χ4n) is 2.05. The van der Waals surface area contributed by atoms with Gasteiger partial charge in [0.25, 0.3) is 5.91 Å². The van der Waals surface area contributed by atoms with Gasteiger partial charge < -0.3 is 14.8 Å². The van der Waals surface area contributed by atoms with E-state index in [1.54, 1.807) is 48.5 Å². The Balaban J connectivity index is 2.17. The maximum absolute atomic E-state index is 12.4. The zero-order valence-corrected chi connectivity index (χ0v) is 14.0. The molecular weight excluding hydrogens is 306 g/mol. The second-order valence-electron chi connectivity index (χ2n) is 5.72. The van der Waals surface area contributed by atoms with E-state index in [4.69, 9.17) is 9.47 Å². The van der Waals surface area contributed by atoms with Crippen LogP contribution in [0.5, 0.6) is 5.75 Å². The van der Waals surface area contributed by atoms with Gasteiger partial charge in [0.2, 0.25) is 0 Å². The average Bonchev–Trinajstić information content (AvgIpc) is 2.60. The molecule has 0 heterocycles. The van der Waals surface area contributed by atoms with E-state index in [0.717, 1.165) is 0 Å². The number of nitrogens with one attached hydrogen (secondary N) is 1. The van der Waals surface area contributed by atoms with Crippen LogP contribution in [0.3, 0.4) is 0 Å². The van der Waals surface area contributed by atoms with Gasteiger partial charge in [-0.3, -0.25) is 4.79 Å². The molecule has 0 aliphatic rings. The number of rotatable bonds is 6. The number of esters is 1. The lowest BCUT2D eigenvalue weighted by molar-refractivity contribution is 0.0460. The van der Waals surface area contributed by atoms with Gasteiger partial charge in [0.1, 0.15) is 5.75 Å². The van der Waals surface area contributed by atoms with Crippen molar-refractivity contribution in [2.45, 2.75) is 13.8 Å². The molecule has 2 rings (SSSR count).